The Bertz CT molecular complexity index is 694. The number of nitro groups is 1. The van der Waals surface area contributed by atoms with Gasteiger partial charge in [-0.1, -0.05) is 24.3 Å². The molecule has 0 aromatic heterocycles. The molecular weight excluding hydrogens is 299 g/mol. The molecule has 0 fully saturated rings. The fraction of sp³-hybridized carbons (Fsp3) is 0.0667. The summed E-state index contributed by atoms with van der Waals surface area (Å²) in [4.78, 5) is 10.0. The van der Waals surface area contributed by atoms with Gasteiger partial charge in [0.05, 0.1) is 4.92 Å². The number of benzene rings is 2. The van der Waals surface area contributed by atoms with Crippen molar-refractivity contribution in [2.45, 2.75) is 6.36 Å². The highest BCUT2D eigenvalue weighted by molar-refractivity contribution is 5.70. The highest BCUT2D eigenvalue weighted by Gasteiger charge is 2.30. The maximum absolute atomic E-state index is 12.1. The number of nitrogens with zero attached hydrogens (tertiary/aromatic N) is 1. The molecule has 0 unspecified atom stereocenters. The first-order valence-corrected chi connectivity index (χ1v) is 6.12. The van der Waals surface area contributed by atoms with Gasteiger partial charge in [0.1, 0.15) is 5.75 Å². The Morgan fingerprint density at radius 1 is 1.00 bits per heavy atom. The van der Waals surface area contributed by atoms with Crippen LogP contribution in [0.4, 0.5) is 18.9 Å². The predicted molar refractivity (Wildman–Crippen MR) is 75.1 cm³/mol. The molecule has 0 heterocycles. The summed E-state index contributed by atoms with van der Waals surface area (Å²) in [5.41, 5.74) is 1.17. The number of alkyl halides is 3. The standard InChI is InChI=1S/C15H10F3NO3/c16-15(17,18)22-14-3-1-2-12(10-14)5-4-11-6-8-13(9-7-11)19(20)21/h1-10H. The molecule has 2 aromatic carbocycles. The first kappa shape index (κ1) is 15.6. The highest BCUT2D eigenvalue weighted by Crippen LogP contribution is 2.24. The topological polar surface area (TPSA) is 52.4 Å². The van der Waals surface area contributed by atoms with Crippen LogP contribution < -0.4 is 4.74 Å². The van der Waals surface area contributed by atoms with Crippen LogP contribution in [0.2, 0.25) is 0 Å². The van der Waals surface area contributed by atoms with E-state index in [4.69, 9.17) is 0 Å². The van der Waals surface area contributed by atoms with E-state index < -0.39 is 11.3 Å². The third kappa shape index (κ3) is 4.62. The molecule has 0 bridgehead atoms. The summed E-state index contributed by atoms with van der Waals surface area (Å²) < 4.78 is 40.2. The lowest BCUT2D eigenvalue weighted by Gasteiger charge is -2.08. The van der Waals surface area contributed by atoms with Gasteiger partial charge in [-0.05, 0) is 35.4 Å². The molecule has 114 valence electrons. The van der Waals surface area contributed by atoms with Crippen molar-refractivity contribution in [1.29, 1.82) is 0 Å². The zero-order valence-corrected chi connectivity index (χ0v) is 11.1. The van der Waals surface area contributed by atoms with E-state index in [-0.39, 0.29) is 11.4 Å². The molecule has 4 nitrogen and oxygen atoms in total. The van der Waals surface area contributed by atoms with Crippen molar-refractivity contribution < 1.29 is 22.8 Å². The van der Waals surface area contributed by atoms with Crippen LogP contribution in [-0.4, -0.2) is 11.3 Å². The summed E-state index contributed by atoms with van der Waals surface area (Å²) >= 11 is 0. The fourth-order valence-corrected chi connectivity index (χ4v) is 1.71. The molecule has 0 aliphatic heterocycles. The van der Waals surface area contributed by atoms with Gasteiger partial charge in [-0.3, -0.25) is 10.1 Å². The summed E-state index contributed by atoms with van der Waals surface area (Å²) in [6.45, 7) is 0. The van der Waals surface area contributed by atoms with Gasteiger partial charge < -0.3 is 4.74 Å². The average Bonchev–Trinajstić information content (AvgIpc) is 2.44. The normalized spacial score (nSPS) is 11.6. The van der Waals surface area contributed by atoms with E-state index in [2.05, 4.69) is 4.74 Å². The van der Waals surface area contributed by atoms with E-state index in [1.165, 1.54) is 30.3 Å². The summed E-state index contributed by atoms with van der Waals surface area (Å²) in [7, 11) is 0. The van der Waals surface area contributed by atoms with Crippen LogP contribution in [0.3, 0.4) is 0 Å². The van der Waals surface area contributed by atoms with Crippen molar-refractivity contribution in [1.82, 2.24) is 0 Å². The van der Waals surface area contributed by atoms with Crippen LogP contribution in [0.1, 0.15) is 11.1 Å². The van der Waals surface area contributed by atoms with Crippen LogP contribution >= 0.6 is 0 Å². The second-order valence-corrected chi connectivity index (χ2v) is 4.30. The zero-order chi connectivity index (χ0) is 16.2. The van der Waals surface area contributed by atoms with Gasteiger partial charge in [0.2, 0.25) is 0 Å². The lowest BCUT2D eigenvalue weighted by molar-refractivity contribution is -0.384. The van der Waals surface area contributed by atoms with Crippen molar-refractivity contribution in [3.8, 4) is 5.75 Å². The monoisotopic (exact) mass is 309 g/mol. The molecule has 2 rings (SSSR count). The summed E-state index contributed by atoms with van der Waals surface area (Å²) in [6.07, 6.45) is -1.51. The van der Waals surface area contributed by atoms with Crippen molar-refractivity contribution in [3.05, 3.63) is 69.8 Å². The SMILES string of the molecule is O=[N+]([O-])c1ccc(C=Cc2cccc(OC(F)(F)F)c2)cc1. The Balaban J connectivity index is 2.12. The Hall–Kier alpha value is -2.83. The van der Waals surface area contributed by atoms with E-state index in [9.17, 15) is 23.3 Å². The number of non-ortho nitro benzene ring substituents is 1. The zero-order valence-electron chi connectivity index (χ0n) is 11.1. The van der Waals surface area contributed by atoms with Crippen molar-refractivity contribution >= 4 is 17.8 Å². The number of rotatable bonds is 4. The molecule has 0 saturated carbocycles. The molecule has 0 N–H and O–H groups in total. The average molecular weight is 309 g/mol. The number of hydrogen-bond donors (Lipinski definition) is 0. The molecule has 0 atom stereocenters. The van der Waals surface area contributed by atoms with Gasteiger partial charge in [-0.25, -0.2) is 0 Å². The molecule has 2 aromatic rings. The van der Waals surface area contributed by atoms with Crippen molar-refractivity contribution in [2.24, 2.45) is 0 Å². The molecule has 0 radical (unpaired) electrons. The smallest absolute Gasteiger partial charge is 0.406 e. The summed E-state index contributed by atoms with van der Waals surface area (Å²) in [5.74, 6) is -0.307. The molecule has 0 aliphatic carbocycles. The first-order chi connectivity index (χ1) is 10.3. The number of hydrogen-bond acceptors (Lipinski definition) is 3. The quantitative estimate of drug-likeness (QED) is 0.469. The maximum Gasteiger partial charge on any atom is 0.573 e. The minimum absolute atomic E-state index is 0.0299. The van der Waals surface area contributed by atoms with E-state index in [1.54, 1.807) is 30.4 Å². The Kier molecular flexibility index (Phi) is 4.45. The van der Waals surface area contributed by atoms with E-state index >= 15 is 0 Å². The Morgan fingerprint density at radius 3 is 2.23 bits per heavy atom. The molecule has 0 saturated heterocycles. The van der Waals surface area contributed by atoms with Gasteiger partial charge in [0.15, 0.2) is 0 Å². The van der Waals surface area contributed by atoms with Crippen LogP contribution in [0.25, 0.3) is 12.2 Å². The number of ether oxygens (including phenoxy) is 1. The Labute approximate surface area is 123 Å². The summed E-state index contributed by atoms with van der Waals surface area (Å²) in [6, 6.07) is 11.3. The van der Waals surface area contributed by atoms with Gasteiger partial charge in [-0.15, -0.1) is 13.2 Å². The van der Waals surface area contributed by atoms with Crippen LogP contribution in [0.5, 0.6) is 5.75 Å². The van der Waals surface area contributed by atoms with Crippen LogP contribution in [-0.2, 0) is 0 Å². The van der Waals surface area contributed by atoms with E-state index in [0.717, 1.165) is 0 Å². The Morgan fingerprint density at radius 2 is 1.64 bits per heavy atom. The number of nitro benzene ring substituents is 1. The predicted octanol–water partition coefficient (Wildman–Crippen LogP) is 4.66. The lowest BCUT2D eigenvalue weighted by Crippen LogP contribution is -2.17. The van der Waals surface area contributed by atoms with Gasteiger partial charge >= 0.3 is 6.36 Å². The van der Waals surface area contributed by atoms with E-state index in [0.29, 0.717) is 11.1 Å². The highest BCUT2D eigenvalue weighted by atomic mass is 19.4. The first-order valence-electron chi connectivity index (χ1n) is 6.12. The van der Waals surface area contributed by atoms with E-state index in [1.807, 2.05) is 0 Å². The van der Waals surface area contributed by atoms with Crippen molar-refractivity contribution in [2.75, 3.05) is 0 Å². The number of halogens is 3. The van der Waals surface area contributed by atoms with Crippen LogP contribution in [0.15, 0.2) is 48.5 Å². The van der Waals surface area contributed by atoms with Gasteiger partial charge in [-0.2, -0.15) is 0 Å². The molecule has 22 heavy (non-hydrogen) atoms. The molecule has 0 amide bonds. The second kappa shape index (κ2) is 6.30. The van der Waals surface area contributed by atoms with Crippen molar-refractivity contribution in [3.63, 3.8) is 0 Å². The molecule has 0 aliphatic rings. The van der Waals surface area contributed by atoms with Gasteiger partial charge in [0.25, 0.3) is 5.69 Å². The summed E-state index contributed by atoms with van der Waals surface area (Å²) in [5, 5.41) is 10.5. The molecule has 0 spiro atoms. The molecular formula is C15H10F3NO3. The van der Waals surface area contributed by atoms with Crippen LogP contribution in [0, 0.1) is 10.1 Å². The lowest BCUT2D eigenvalue weighted by atomic mass is 10.1. The third-order valence-electron chi connectivity index (χ3n) is 2.66. The molecule has 7 heteroatoms. The largest absolute Gasteiger partial charge is 0.573 e. The maximum atomic E-state index is 12.1. The minimum Gasteiger partial charge on any atom is -0.406 e. The fourth-order valence-electron chi connectivity index (χ4n) is 1.71. The van der Waals surface area contributed by atoms with Gasteiger partial charge in [0, 0.05) is 12.1 Å². The third-order valence-corrected chi connectivity index (χ3v) is 2.66. The second-order valence-electron chi connectivity index (χ2n) is 4.30. The minimum atomic E-state index is -4.74.